The number of amides is 3. The number of aromatic nitrogens is 4. The van der Waals surface area contributed by atoms with Crippen molar-refractivity contribution >= 4 is 50.8 Å². The first kappa shape index (κ1) is 26.8. The third-order valence-electron chi connectivity index (χ3n) is 5.74. The molecule has 0 saturated carbocycles. The van der Waals surface area contributed by atoms with Crippen molar-refractivity contribution in [1.29, 1.82) is 0 Å². The van der Waals surface area contributed by atoms with Crippen LogP contribution in [0.4, 0.5) is 26.5 Å². The molecule has 0 aliphatic heterocycles. The monoisotopic (exact) mass is 559 g/mol. The highest BCUT2D eigenvalue weighted by atomic mass is 32.1. The number of ether oxygens (including phenoxy) is 1. The molecule has 12 heteroatoms. The molecule has 5 rings (SSSR count). The molecule has 0 bridgehead atoms. The van der Waals surface area contributed by atoms with Crippen LogP contribution in [0.25, 0.3) is 15.9 Å². The average Bonchev–Trinajstić information content (AvgIpc) is 3.52. The molecule has 40 heavy (non-hydrogen) atoms. The topological polar surface area (TPSA) is 123 Å². The number of hydrogen-bond donors (Lipinski definition) is 3. The maximum atomic E-state index is 14.9. The number of hydrogen-bond acceptors (Lipinski definition) is 7. The van der Waals surface area contributed by atoms with Crippen LogP contribution in [0.5, 0.6) is 11.5 Å². The fraction of sp³-hybridized carbons (Fsp3) is 0.179. The van der Waals surface area contributed by atoms with Crippen LogP contribution in [-0.2, 0) is 10.2 Å². The van der Waals surface area contributed by atoms with E-state index in [9.17, 15) is 14.0 Å². The Morgan fingerprint density at radius 1 is 0.950 bits per heavy atom. The Hall–Kier alpha value is -4.84. The summed E-state index contributed by atoms with van der Waals surface area (Å²) in [4.78, 5) is 32.6. The summed E-state index contributed by atoms with van der Waals surface area (Å²) in [5.74, 6) is 0.319. The van der Waals surface area contributed by atoms with Gasteiger partial charge in [-0.1, -0.05) is 20.8 Å². The Balaban J connectivity index is 1.33. The summed E-state index contributed by atoms with van der Waals surface area (Å²) in [7, 11) is 0. The van der Waals surface area contributed by atoms with Gasteiger partial charge in [-0.05, 0) is 36.4 Å². The van der Waals surface area contributed by atoms with E-state index in [4.69, 9.17) is 9.84 Å². The molecule has 0 aliphatic rings. The first-order chi connectivity index (χ1) is 19.0. The predicted octanol–water partition coefficient (Wildman–Crippen LogP) is 6.71. The van der Waals surface area contributed by atoms with Gasteiger partial charge in [-0.3, -0.25) is 10.1 Å². The maximum Gasteiger partial charge on any atom is 0.324 e. The number of pyridine rings is 1. The largest absolute Gasteiger partial charge is 0.457 e. The quantitative estimate of drug-likeness (QED) is 0.213. The summed E-state index contributed by atoms with van der Waals surface area (Å²) in [6, 6.07) is 14.1. The van der Waals surface area contributed by atoms with Gasteiger partial charge in [0.15, 0.2) is 0 Å². The summed E-state index contributed by atoms with van der Waals surface area (Å²) < 4.78 is 23.3. The van der Waals surface area contributed by atoms with E-state index in [1.54, 1.807) is 22.3 Å². The lowest BCUT2D eigenvalue weighted by molar-refractivity contribution is -0.114. The van der Waals surface area contributed by atoms with Gasteiger partial charge in [-0.2, -0.15) is 5.10 Å². The Morgan fingerprint density at radius 2 is 1.75 bits per heavy atom. The zero-order chi connectivity index (χ0) is 28.4. The molecule has 5 aromatic rings. The van der Waals surface area contributed by atoms with E-state index in [0.29, 0.717) is 17.4 Å². The number of anilines is 3. The van der Waals surface area contributed by atoms with Gasteiger partial charge in [0.2, 0.25) is 5.91 Å². The molecule has 0 radical (unpaired) electrons. The van der Waals surface area contributed by atoms with Crippen molar-refractivity contribution < 1.29 is 18.7 Å². The van der Waals surface area contributed by atoms with E-state index in [1.807, 2.05) is 39.0 Å². The lowest BCUT2D eigenvalue weighted by Gasteiger charge is -2.14. The Labute approximate surface area is 233 Å². The van der Waals surface area contributed by atoms with Crippen LogP contribution in [0.3, 0.4) is 0 Å². The molecular formula is C28H26FN7O3S. The molecule has 204 valence electrons. The second kappa shape index (κ2) is 10.7. The number of halogens is 1. The van der Waals surface area contributed by atoms with Gasteiger partial charge < -0.3 is 15.4 Å². The van der Waals surface area contributed by atoms with Crippen LogP contribution in [-0.4, -0.2) is 31.7 Å². The normalized spacial score (nSPS) is 11.3. The first-order valence-corrected chi connectivity index (χ1v) is 13.2. The van der Waals surface area contributed by atoms with Crippen LogP contribution < -0.4 is 20.7 Å². The molecule has 3 heterocycles. The van der Waals surface area contributed by atoms with E-state index in [-0.39, 0.29) is 22.8 Å². The van der Waals surface area contributed by atoms with Gasteiger partial charge in [0.25, 0.3) is 0 Å². The smallest absolute Gasteiger partial charge is 0.324 e. The van der Waals surface area contributed by atoms with Crippen molar-refractivity contribution in [2.24, 2.45) is 0 Å². The van der Waals surface area contributed by atoms with Crippen molar-refractivity contribution in [1.82, 2.24) is 19.7 Å². The van der Waals surface area contributed by atoms with Crippen molar-refractivity contribution in [3.05, 3.63) is 77.8 Å². The van der Waals surface area contributed by atoms with Gasteiger partial charge in [0.05, 0.1) is 32.8 Å². The van der Waals surface area contributed by atoms with Gasteiger partial charge in [-0.15, -0.1) is 11.3 Å². The molecule has 0 saturated heterocycles. The molecule has 3 amide bonds. The second-order valence-corrected chi connectivity index (χ2v) is 10.8. The first-order valence-electron chi connectivity index (χ1n) is 12.3. The molecule has 2 aromatic carbocycles. The number of rotatable bonds is 6. The molecule has 0 unspecified atom stereocenters. The average molecular weight is 560 g/mol. The summed E-state index contributed by atoms with van der Waals surface area (Å²) in [6.45, 7) is 7.45. The summed E-state index contributed by atoms with van der Waals surface area (Å²) in [5.41, 5.74) is 3.79. The minimum absolute atomic E-state index is 0.0375. The van der Waals surface area contributed by atoms with Crippen molar-refractivity contribution in [2.45, 2.75) is 33.1 Å². The van der Waals surface area contributed by atoms with Crippen molar-refractivity contribution in [3.8, 4) is 17.2 Å². The predicted molar refractivity (Wildman–Crippen MR) is 153 cm³/mol. The van der Waals surface area contributed by atoms with Gasteiger partial charge in [0.1, 0.15) is 29.0 Å². The molecule has 10 nitrogen and oxygen atoms in total. The molecule has 0 aliphatic carbocycles. The van der Waals surface area contributed by atoms with Crippen LogP contribution >= 0.6 is 11.3 Å². The zero-order valence-corrected chi connectivity index (χ0v) is 23.0. The summed E-state index contributed by atoms with van der Waals surface area (Å²) in [6.07, 6.45) is 1.46. The van der Waals surface area contributed by atoms with E-state index < -0.39 is 11.8 Å². The summed E-state index contributed by atoms with van der Waals surface area (Å²) in [5, 5.41) is 12.6. The molecule has 0 atom stereocenters. The molecule has 3 aromatic heterocycles. The summed E-state index contributed by atoms with van der Waals surface area (Å²) >= 11 is 1.54. The Morgan fingerprint density at radius 3 is 2.50 bits per heavy atom. The minimum Gasteiger partial charge on any atom is -0.457 e. The fourth-order valence-corrected chi connectivity index (χ4v) is 4.46. The van der Waals surface area contributed by atoms with Crippen LogP contribution in [0.1, 0.15) is 33.4 Å². The molecule has 3 N–H and O–H groups in total. The number of urea groups is 1. The number of nitrogens with zero attached hydrogens (tertiary/aromatic N) is 4. The van der Waals surface area contributed by atoms with Gasteiger partial charge in [-0.25, -0.2) is 23.8 Å². The van der Waals surface area contributed by atoms with E-state index in [2.05, 4.69) is 25.9 Å². The van der Waals surface area contributed by atoms with E-state index in [1.165, 1.54) is 42.7 Å². The highest BCUT2D eigenvalue weighted by Crippen LogP contribution is 2.29. The van der Waals surface area contributed by atoms with Crippen molar-refractivity contribution in [2.75, 3.05) is 16.0 Å². The fourth-order valence-electron chi connectivity index (χ4n) is 3.80. The maximum absolute atomic E-state index is 14.9. The van der Waals surface area contributed by atoms with Gasteiger partial charge in [0, 0.05) is 36.7 Å². The molecular weight excluding hydrogens is 533 g/mol. The van der Waals surface area contributed by atoms with E-state index in [0.717, 1.165) is 27.7 Å². The number of fused-ring (bicyclic) bond motifs is 1. The van der Waals surface area contributed by atoms with Crippen LogP contribution in [0.15, 0.2) is 66.3 Å². The minimum atomic E-state index is -0.693. The highest BCUT2D eigenvalue weighted by molar-refractivity contribution is 7.16. The van der Waals surface area contributed by atoms with Crippen molar-refractivity contribution in [3.63, 3.8) is 0 Å². The van der Waals surface area contributed by atoms with Gasteiger partial charge >= 0.3 is 6.03 Å². The number of carbonyl (C=O) groups is 2. The number of thiazole rings is 1. The standard InChI is InChI=1S/C28H26FN7O3S/c1-16(37)32-25-13-19(9-10-30-25)39-18-6-7-21(20(29)12-18)33-27(38)34-26-14-24(28(2,3)4)35-36(26)17-5-8-23-22(11-17)31-15-40-23/h5-15H,1-4H3,(H,30,32,37)(H2,33,34,38). The molecule has 0 fully saturated rings. The lowest BCUT2D eigenvalue weighted by Crippen LogP contribution is -2.22. The zero-order valence-electron chi connectivity index (χ0n) is 22.2. The Bertz CT molecular complexity index is 1720. The molecule has 0 spiro atoms. The van der Waals surface area contributed by atoms with E-state index >= 15 is 0 Å². The van der Waals surface area contributed by atoms with Crippen LogP contribution in [0, 0.1) is 5.82 Å². The number of benzene rings is 2. The third kappa shape index (κ3) is 6.07. The third-order valence-corrected chi connectivity index (χ3v) is 6.55. The number of nitrogens with one attached hydrogen (secondary N) is 3. The Kier molecular flexibility index (Phi) is 7.18. The lowest BCUT2D eigenvalue weighted by atomic mass is 9.92. The second-order valence-electron chi connectivity index (χ2n) is 9.96. The SMILES string of the molecule is CC(=O)Nc1cc(Oc2ccc(NC(=O)Nc3cc(C(C)(C)C)nn3-c3ccc4scnc4c3)c(F)c2)ccn1. The highest BCUT2D eigenvalue weighted by Gasteiger charge is 2.22. The number of carbonyl (C=O) groups excluding carboxylic acids is 2. The van der Waals surface area contributed by atoms with Crippen LogP contribution in [0.2, 0.25) is 0 Å².